The van der Waals surface area contributed by atoms with Gasteiger partial charge in [-0.05, 0) is 38.5 Å². The van der Waals surface area contributed by atoms with Crippen molar-refractivity contribution < 1.29 is 18.6 Å². The predicted octanol–water partition coefficient (Wildman–Crippen LogP) is 5.65. The first-order valence-electron chi connectivity index (χ1n) is 15.3. The largest absolute Gasteiger partial charge is 0.351 e. The maximum absolute atomic E-state index is 12.3. The number of rotatable bonds is 25. The average molecular weight is 513 g/mol. The van der Waals surface area contributed by atoms with Crippen molar-refractivity contribution in [3.63, 3.8) is 0 Å². The molecule has 0 heterocycles. The molecule has 0 saturated heterocycles. The monoisotopic (exact) mass is 513 g/mol. The molecule has 0 radical (unpaired) electrons. The third-order valence-corrected chi connectivity index (χ3v) is 7.13. The Bertz CT molecular complexity index is 501. The molecule has 36 heavy (non-hydrogen) atoms. The highest BCUT2D eigenvalue weighted by atomic mass is 16.2. The number of carbonyl (C=O) groups is 2. The Morgan fingerprint density at radius 3 is 1.14 bits per heavy atom. The molecule has 0 aromatic heterocycles. The normalized spacial score (nSPS) is 12.1. The SMILES string of the molecule is CCCCCCCC[N+](C)(C)CC(=O)NCCCCCCNC(=O)C[N+](C)(C)CCCCCCCC. The van der Waals surface area contributed by atoms with E-state index < -0.39 is 0 Å². The Hall–Kier alpha value is -1.14. The van der Waals surface area contributed by atoms with Gasteiger partial charge in [0.2, 0.25) is 0 Å². The van der Waals surface area contributed by atoms with Crippen LogP contribution in [0.1, 0.15) is 117 Å². The van der Waals surface area contributed by atoms with Crippen LogP contribution in [0.15, 0.2) is 0 Å². The molecule has 0 rings (SSSR count). The first-order chi connectivity index (χ1) is 17.1. The quantitative estimate of drug-likeness (QED) is 0.123. The van der Waals surface area contributed by atoms with Gasteiger partial charge in [-0.2, -0.15) is 0 Å². The van der Waals surface area contributed by atoms with E-state index in [1.54, 1.807) is 0 Å². The van der Waals surface area contributed by atoms with Crippen LogP contribution in [0.4, 0.5) is 0 Å². The van der Waals surface area contributed by atoms with E-state index in [1.165, 1.54) is 77.0 Å². The van der Waals surface area contributed by atoms with E-state index in [1.807, 2.05) is 0 Å². The van der Waals surface area contributed by atoms with Gasteiger partial charge >= 0.3 is 0 Å². The van der Waals surface area contributed by atoms with Gasteiger partial charge in [-0.3, -0.25) is 9.59 Å². The van der Waals surface area contributed by atoms with E-state index in [2.05, 4.69) is 52.7 Å². The molecule has 6 nitrogen and oxygen atoms in total. The third-order valence-electron chi connectivity index (χ3n) is 7.13. The zero-order valence-electron chi connectivity index (χ0n) is 25.3. The molecule has 0 atom stereocenters. The number of hydrogen-bond acceptors (Lipinski definition) is 2. The Kier molecular flexibility index (Phi) is 21.2. The molecule has 0 unspecified atom stereocenters. The van der Waals surface area contributed by atoms with Crippen LogP contribution in [0.3, 0.4) is 0 Å². The number of unbranched alkanes of at least 4 members (excludes halogenated alkanes) is 13. The van der Waals surface area contributed by atoms with Crippen molar-refractivity contribution in [2.45, 2.75) is 117 Å². The molecular weight excluding hydrogens is 448 g/mol. The smallest absolute Gasteiger partial charge is 0.275 e. The molecule has 0 aliphatic carbocycles. The maximum atomic E-state index is 12.3. The van der Waals surface area contributed by atoms with Crippen LogP contribution in [-0.2, 0) is 9.59 Å². The maximum Gasteiger partial charge on any atom is 0.275 e. The minimum Gasteiger partial charge on any atom is -0.351 e. The molecule has 6 heteroatoms. The van der Waals surface area contributed by atoms with Crippen LogP contribution in [0.2, 0.25) is 0 Å². The number of hydrogen-bond donors (Lipinski definition) is 2. The number of nitrogens with zero attached hydrogens (tertiary/aromatic N) is 2. The predicted molar refractivity (Wildman–Crippen MR) is 155 cm³/mol. The summed E-state index contributed by atoms with van der Waals surface area (Å²) in [6, 6.07) is 0. The van der Waals surface area contributed by atoms with E-state index >= 15 is 0 Å². The van der Waals surface area contributed by atoms with Crippen LogP contribution in [-0.4, -0.2) is 88.2 Å². The Morgan fingerprint density at radius 1 is 0.472 bits per heavy atom. The molecule has 0 aromatic rings. The number of likely N-dealkylation sites (N-methyl/N-ethyl adjacent to an activating group) is 2. The first-order valence-corrected chi connectivity index (χ1v) is 15.3. The highest BCUT2D eigenvalue weighted by molar-refractivity contribution is 5.77. The molecule has 0 spiro atoms. The summed E-state index contributed by atoms with van der Waals surface area (Å²) in [6.07, 6.45) is 19.7. The molecule has 0 bridgehead atoms. The lowest BCUT2D eigenvalue weighted by atomic mass is 10.1. The molecule has 2 amide bonds. The number of carbonyl (C=O) groups excluding carboxylic acids is 2. The van der Waals surface area contributed by atoms with Gasteiger partial charge in [0, 0.05) is 13.1 Å². The zero-order chi connectivity index (χ0) is 27.1. The van der Waals surface area contributed by atoms with Gasteiger partial charge in [0.25, 0.3) is 11.8 Å². The van der Waals surface area contributed by atoms with Gasteiger partial charge in [-0.25, -0.2) is 0 Å². The van der Waals surface area contributed by atoms with E-state index in [-0.39, 0.29) is 11.8 Å². The van der Waals surface area contributed by atoms with E-state index in [0.717, 1.165) is 60.8 Å². The van der Waals surface area contributed by atoms with Crippen molar-refractivity contribution in [2.75, 3.05) is 67.5 Å². The minimum absolute atomic E-state index is 0.167. The van der Waals surface area contributed by atoms with E-state index in [4.69, 9.17) is 0 Å². The van der Waals surface area contributed by atoms with Gasteiger partial charge in [-0.1, -0.05) is 78.1 Å². The molecule has 0 saturated carbocycles. The van der Waals surface area contributed by atoms with Gasteiger partial charge in [0.05, 0.1) is 41.3 Å². The van der Waals surface area contributed by atoms with Crippen molar-refractivity contribution in [1.82, 2.24) is 10.6 Å². The van der Waals surface area contributed by atoms with Crippen molar-refractivity contribution in [1.29, 1.82) is 0 Å². The van der Waals surface area contributed by atoms with Gasteiger partial charge in [0.15, 0.2) is 13.1 Å². The fourth-order valence-corrected chi connectivity index (χ4v) is 4.75. The minimum atomic E-state index is 0.167. The molecule has 0 fully saturated rings. The summed E-state index contributed by atoms with van der Waals surface area (Å²) in [7, 11) is 8.65. The fraction of sp³-hybridized carbons (Fsp3) is 0.933. The van der Waals surface area contributed by atoms with E-state index in [0.29, 0.717) is 13.1 Å². The van der Waals surface area contributed by atoms with E-state index in [9.17, 15) is 9.59 Å². The topological polar surface area (TPSA) is 58.2 Å². The lowest BCUT2D eigenvalue weighted by Gasteiger charge is -2.29. The fourth-order valence-electron chi connectivity index (χ4n) is 4.75. The standard InChI is InChI=1S/C30H62N4O2/c1-7-9-11-13-17-21-25-33(3,4)27-29(35)31-23-19-15-16-20-24-32-30(36)28-34(5,6)26-22-18-14-12-10-8-2/h7-28H2,1-6H3/p+2. The summed E-state index contributed by atoms with van der Waals surface area (Å²) in [4.78, 5) is 24.6. The van der Waals surface area contributed by atoms with Gasteiger partial charge in [-0.15, -0.1) is 0 Å². The molecular formula is C30H64N4O2+2. The molecule has 2 N–H and O–H groups in total. The Labute approximate surface area is 225 Å². The van der Waals surface area contributed by atoms with Crippen molar-refractivity contribution in [3.05, 3.63) is 0 Å². The van der Waals surface area contributed by atoms with Crippen molar-refractivity contribution in [2.24, 2.45) is 0 Å². The summed E-state index contributed by atoms with van der Waals surface area (Å²) in [5.41, 5.74) is 0. The first kappa shape index (κ1) is 34.9. The summed E-state index contributed by atoms with van der Waals surface area (Å²) in [5, 5.41) is 6.19. The van der Waals surface area contributed by atoms with Crippen LogP contribution in [0.25, 0.3) is 0 Å². The van der Waals surface area contributed by atoms with Crippen LogP contribution in [0.5, 0.6) is 0 Å². The summed E-state index contributed by atoms with van der Waals surface area (Å²) < 4.78 is 1.54. The number of nitrogens with one attached hydrogen (secondary N) is 2. The Balaban J connectivity index is 3.70. The molecule has 214 valence electrons. The molecule has 0 aliphatic heterocycles. The van der Waals surface area contributed by atoms with Gasteiger partial charge < -0.3 is 19.6 Å². The van der Waals surface area contributed by atoms with Gasteiger partial charge in [0.1, 0.15) is 0 Å². The highest BCUT2D eigenvalue weighted by Crippen LogP contribution is 2.09. The summed E-state index contributed by atoms with van der Waals surface area (Å²) in [5.74, 6) is 0.333. The van der Waals surface area contributed by atoms with Crippen LogP contribution < -0.4 is 10.6 Å². The van der Waals surface area contributed by atoms with Crippen LogP contribution >= 0.6 is 0 Å². The van der Waals surface area contributed by atoms with Crippen molar-refractivity contribution in [3.8, 4) is 0 Å². The number of amides is 2. The second-order valence-electron chi connectivity index (χ2n) is 12.3. The summed E-state index contributed by atoms with van der Waals surface area (Å²) >= 11 is 0. The second kappa shape index (κ2) is 21.9. The third kappa shape index (κ3) is 23.3. The average Bonchev–Trinajstić information content (AvgIpc) is 2.79. The molecule has 0 aromatic carbocycles. The van der Waals surface area contributed by atoms with Crippen LogP contribution in [0, 0.1) is 0 Å². The second-order valence-corrected chi connectivity index (χ2v) is 12.3. The zero-order valence-corrected chi connectivity index (χ0v) is 25.3. The summed E-state index contributed by atoms with van der Waals surface area (Å²) in [6.45, 7) is 9.28. The van der Waals surface area contributed by atoms with Crippen molar-refractivity contribution >= 4 is 11.8 Å². The molecule has 0 aliphatic rings. The highest BCUT2D eigenvalue weighted by Gasteiger charge is 2.20. The lowest BCUT2D eigenvalue weighted by molar-refractivity contribution is -0.882. The number of quaternary nitrogens is 2. The Morgan fingerprint density at radius 2 is 0.778 bits per heavy atom. The lowest BCUT2D eigenvalue weighted by Crippen LogP contribution is -2.48.